The van der Waals surface area contributed by atoms with Gasteiger partial charge in [-0.15, -0.1) is 0 Å². The van der Waals surface area contributed by atoms with Gasteiger partial charge in [-0.25, -0.2) is 9.99 Å². The van der Waals surface area contributed by atoms with Crippen LogP contribution in [0.2, 0.25) is 0 Å². The largest absolute Gasteiger partial charge is 0.348 e. The highest BCUT2D eigenvalue weighted by atomic mass is 32.1. The Morgan fingerprint density at radius 2 is 1.39 bits per heavy atom. The molecule has 1 aromatic rings. The number of nitriles is 1. The molecule has 2 rings (SSSR count). The van der Waals surface area contributed by atoms with E-state index in [9.17, 15) is 19.6 Å². The van der Waals surface area contributed by atoms with Crippen LogP contribution in [0, 0.1) is 34.0 Å². The van der Waals surface area contributed by atoms with Gasteiger partial charge in [0.25, 0.3) is 11.8 Å². The topological polar surface area (TPSA) is 97.6 Å². The van der Waals surface area contributed by atoms with E-state index in [0.717, 1.165) is 51.7 Å². The maximum absolute atomic E-state index is 14.5. The third kappa shape index (κ3) is 10.5. The molecule has 0 aliphatic carbocycles. The van der Waals surface area contributed by atoms with Crippen molar-refractivity contribution < 1.29 is 14.4 Å². The number of carbonyl (C=O) groups excluding carboxylic acids is 3. The minimum atomic E-state index is -0.851. The monoisotopic (exact) mass is 695 g/mol. The number of unbranched alkanes of at least 4 members (excludes halogenated alkanes) is 2. The van der Waals surface area contributed by atoms with Crippen LogP contribution in [0.1, 0.15) is 152 Å². The van der Waals surface area contributed by atoms with Gasteiger partial charge in [0.1, 0.15) is 11.6 Å². The number of rotatable bonds is 15. The van der Waals surface area contributed by atoms with E-state index in [1.165, 1.54) is 45.6 Å². The maximum atomic E-state index is 14.5. The summed E-state index contributed by atoms with van der Waals surface area (Å²) >= 11 is 1.58. The molecule has 0 saturated heterocycles. The molecule has 3 amide bonds. The van der Waals surface area contributed by atoms with E-state index in [-0.39, 0.29) is 16.6 Å². The number of nitrogens with zero attached hydrogens (tertiary/aromatic N) is 5. The first kappa shape index (κ1) is 42.2. The van der Waals surface area contributed by atoms with Crippen molar-refractivity contribution in [2.75, 3.05) is 25.0 Å². The number of carbonyl (C=O) groups is 3. The van der Waals surface area contributed by atoms with E-state index in [1.807, 2.05) is 26.8 Å². The molecule has 2 heterocycles. The molecule has 2 unspecified atom stereocenters. The smallest absolute Gasteiger partial charge is 0.290 e. The fourth-order valence-electron chi connectivity index (χ4n) is 6.44. The molecule has 49 heavy (non-hydrogen) atoms. The van der Waals surface area contributed by atoms with E-state index < -0.39 is 28.6 Å². The van der Waals surface area contributed by atoms with Gasteiger partial charge in [0, 0.05) is 36.5 Å². The van der Waals surface area contributed by atoms with Crippen LogP contribution in [0.15, 0.2) is 16.7 Å². The molecule has 1 aromatic heterocycles. The van der Waals surface area contributed by atoms with Crippen LogP contribution >= 0.6 is 11.3 Å². The van der Waals surface area contributed by atoms with E-state index >= 15 is 0 Å². The van der Waals surface area contributed by atoms with Crippen LogP contribution in [-0.2, 0) is 19.8 Å². The lowest BCUT2D eigenvalue weighted by atomic mass is 9.76. The number of hydrazine groups is 1. The summed E-state index contributed by atoms with van der Waals surface area (Å²) in [6, 6.07) is 2.10. The summed E-state index contributed by atoms with van der Waals surface area (Å²) in [5.74, 6) is -0.694. The first-order valence-corrected chi connectivity index (χ1v) is 19.3. The summed E-state index contributed by atoms with van der Waals surface area (Å²) < 4.78 is 0. The number of thiazole rings is 1. The van der Waals surface area contributed by atoms with Crippen molar-refractivity contribution in [2.45, 2.75) is 147 Å². The average molecular weight is 696 g/mol. The zero-order chi connectivity index (χ0) is 37.5. The zero-order valence-electron chi connectivity index (χ0n) is 33.2. The molecule has 1 aliphatic heterocycles. The number of hydrogen-bond acceptors (Lipinski definition) is 7. The van der Waals surface area contributed by atoms with E-state index in [0.29, 0.717) is 17.4 Å². The van der Waals surface area contributed by atoms with Crippen LogP contribution in [0.25, 0.3) is 6.08 Å². The van der Waals surface area contributed by atoms with E-state index in [2.05, 4.69) is 59.4 Å². The first-order chi connectivity index (χ1) is 22.7. The molecule has 0 N–H and O–H groups in total. The average Bonchev–Trinajstić information content (AvgIpc) is 3.44. The summed E-state index contributed by atoms with van der Waals surface area (Å²) in [5, 5.41) is 13.2. The minimum absolute atomic E-state index is 0.126. The van der Waals surface area contributed by atoms with Crippen molar-refractivity contribution in [1.29, 1.82) is 5.26 Å². The lowest BCUT2D eigenvalue weighted by molar-refractivity contribution is -0.171. The van der Waals surface area contributed by atoms with Crippen LogP contribution in [-0.4, -0.2) is 52.9 Å². The fourth-order valence-corrected chi connectivity index (χ4v) is 7.67. The van der Waals surface area contributed by atoms with Gasteiger partial charge in [-0.3, -0.25) is 14.4 Å². The molecule has 2 atom stereocenters. The Labute approximate surface area is 302 Å². The van der Waals surface area contributed by atoms with Gasteiger partial charge in [0.05, 0.1) is 10.6 Å². The van der Waals surface area contributed by atoms with Crippen LogP contribution < -0.4 is 4.90 Å². The molecule has 0 bridgehead atoms. The van der Waals surface area contributed by atoms with Gasteiger partial charge >= 0.3 is 0 Å². The van der Waals surface area contributed by atoms with Gasteiger partial charge in [-0.1, -0.05) is 140 Å². The van der Waals surface area contributed by atoms with Crippen LogP contribution in [0.4, 0.5) is 5.13 Å². The van der Waals surface area contributed by atoms with Crippen molar-refractivity contribution in [3.8, 4) is 6.07 Å². The third-order valence-electron chi connectivity index (χ3n) is 9.39. The first-order valence-electron chi connectivity index (χ1n) is 18.5. The second-order valence-corrected chi connectivity index (χ2v) is 17.9. The highest BCUT2D eigenvalue weighted by molar-refractivity contribution is 7.16. The summed E-state index contributed by atoms with van der Waals surface area (Å²) in [4.78, 5) is 50.3. The quantitative estimate of drug-likeness (QED) is 0.134. The predicted molar refractivity (Wildman–Crippen MR) is 204 cm³/mol. The van der Waals surface area contributed by atoms with E-state index in [4.69, 9.17) is 4.98 Å². The molecular formula is C40H65N5O3S. The van der Waals surface area contributed by atoms with Gasteiger partial charge in [-0.05, 0) is 41.7 Å². The molecule has 0 fully saturated rings. The zero-order valence-corrected chi connectivity index (χ0v) is 34.0. The third-order valence-corrected chi connectivity index (χ3v) is 10.5. The highest BCUT2D eigenvalue weighted by Gasteiger charge is 2.46. The fraction of sp³-hybridized carbons (Fsp3) is 0.725. The van der Waals surface area contributed by atoms with Gasteiger partial charge < -0.3 is 4.90 Å². The Morgan fingerprint density at radius 1 is 0.878 bits per heavy atom. The summed E-state index contributed by atoms with van der Waals surface area (Å²) in [5.41, 5.74) is -0.523. The molecule has 1 aliphatic rings. The minimum Gasteiger partial charge on any atom is -0.348 e. The second kappa shape index (κ2) is 17.3. The molecule has 0 saturated carbocycles. The molecule has 0 radical (unpaired) electrons. The molecule has 0 aromatic carbocycles. The normalized spacial score (nSPS) is 16.7. The summed E-state index contributed by atoms with van der Waals surface area (Å²) in [6.07, 6.45) is 11.1. The number of aromatic nitrogens is 1. The number of amides is 3. The SMILES string of the molecule is CCCCC(CC)CN(CC(CC)CCCC)c1nc(C(C)(C)C)c(C=C2C(=O)N(N(C)C(=O)C(C)(C)C)C(=O)C(C#N)=C2C(C)(C)C)s1. The van der Waals surface area contributed by atoms with Crippen LogP contribution in [0.3, 0.4) is 0 Å². The molecule has 8 nitrogen and oxygen atoms in total. The summed E-state index contributed by atoms with van der Waals surface area (Å²) in [7, 11) is 1.42. The standard InChI is InChI=1S/C40H65N5O3S/c1-15-19-21-27(17-3)25-44(26-28(18-4)22-20-16-2)37-42-33(39(8,9)10)31(49-37)23-29-32(38(5,6)7)30(24-41)35(47)45(34(29)46)43(14)36(48)40(11,12)13/h23,27-28H,15-22,25-26H2,1-14H3. The second-order valence-electron chi connectivity index (χ2n) is 16.9. The molecular weight excluding hydrogens is 631 g/mol. The van der Waals surface area contributed by atoms with Crippen LogP contribution in [0.5, 0.6) is 0 Å². The van der Waals surface area contributed by atoms with Crippen molar-refractivity contribution in [3.05, 3.63) is 27.3 Å². The summed E-state index contributed by atoms with van der Waals surface area (Å²) in [6.45, 7) is 28.2. The lowest BCUT2D eigenvalue weighted by Gasteiger charge is -2.39. The Bertz CT molecular complexity index is 1410. The maximum Gasteiger partial charge on any atom is 0.290 e. The van der Waals surface area contributed by atoms with Gasteiger partial charge in [0.15, 0.2) is 5.13 Å². The van der Waals surface area contributed by atoms with Gasteiger partial charge in [-0.2, -0.15) is 10.3 Å². The van der Waals surface area contributed by atoms with Crippen molar-refractivity contribution in [1.82, 2.24) is 15.0 Å². The Morgan fingerprint density at radius 3 is 1.78 bits per heavy atom. The Kier molecular flexibility index (Phi) is 14.9. The van der Waals surface area contributed by atoms with Gasteiger partial charge in [0.2, 0.25) is 5.91 Å². The van der Waals surface area contributed by atoms with Crippen molar-refractivity contribution in [3.63, 3.8) is 0 Å². The van der Waals surface area contributed by atoms with Crippen molar-refractivity contribution >= 4 is 40.3 Å². The molecule has 0 spiro atoms. The Hall–Kier alpha value is -2.99. The number of hydrogen-bond donors (Lipinski definition) is 0. The molecule has 9 heteroatoms. The lowest BCUT2D eigenvalue weighted by Crippen LogP contribution is -2.56. The van der Waals surface area contributed by atoms with E-state index in [1.54, 1.807) is 32.1 Å². The molecule has 274 valence electrons. The Balaban J connectivity index is 2.90. The number of anilines is 1. The highest BCUT2D eigenvalue weighted by Crippen LogP contribution is 2.43. The number of imide groups is 1. The van der Waals surface area contributed by atoms with Crippen molar-refractivity contribution in [2.24, 2.45) is 22.7 Å². The predicted octanol–water partition coefficient (Wildman–Crippen LogP) is 9.72.